The fourth-order valence-corrected chi connectivity index (χ4v) is 2.10. The van der Waals surface area contributed by atoms with E-state index in [1.54, 1.807) is 18.2 Å². The summed E-state index contributed by atoms with van der Waals surface area (Å²) in [5, 5.41) is 22.1. The maximum atomic E-state index is 11.9. The number of anilines is 1. The zero-order valence-corrected chi connectivity index (χ0v) is 13.9. The first-order valence-corrected chi connectivity index (χ1v) is 7.58. The summed E-state index contributed by atoms with van der Waals surface area (Å²) < 4.78 is 4.90. The van der Waals surface area contributed by atoms with E-state index in [1.807, 2.05) is 19.1 Å². The number of nitro groups is 1. The molecule has 0 bridgehead atoms. The predicted molar refractivity (Wildman–Crippen MR) is 92.3 cm³/mol. The number of nitro benzene ring substituents is 1. The van der Waals surface area contributed by atoms with Gasteiger partial charge in [0.05, 0.1) is 22.6 Å². The number of nitrogens with one attached hydrogen (secondary N) is 1. The molecule has 0 unspecified atom stereocenters. The number of benzene rings is 2. The molecule has 1 N–H and O–H groups in total. The first-order valence-electron chi connectivity index (χ1n) is 7.58. The van der Waals surface area contributed by atoms with Gasteiger partial charge in [0.1, 0.15) is 6.07 Å². The van der Waals surface area contributed by atoms with Crippen LogP contribution in [0.2, 0.25) is 0 Å². The van der Waals surface area contributed by atoms with E-state index in [-0.39, 0.29) is 23.4 Å². The average Bonchev–Trinajstić information content (AvgIpc) is 2.62. The van der Waals surface area contributed by atoms with Crippen LogP contribution in [-0.4, -0.2) is 23.4 Å². The molecule has 2 aromatic rings. The molecule has 2 rings (SSSR count). The molecule has 0 spiro atoms. The molecule has 0 heterocycles. The maximum Gasteiger partial charge on any atom is 0.310 e. The molecule has 0 aliphatic carbocycles. The second-order valence-electron chi connectivity index (χ2n) is 5.47. The Balaban J connectivity index is 1.90. The summed E-state index contributed by atoms with van der Waals surface area (Å²) in [6.07, 6.45) is 0.0362. The third-order valence-electron chi connectivity index (χ3n) is 3.44. The Morgan fingerprint density at radius 2 is 1.92 bits per heavy atom. The van der Waals surface area contributed by atoms with Gasteiger partial charge in [0.25, 0.3) is 11.6 Å². The Bertz CT molecular complexity index is 885. The zero-order valence-electron chi connectivity index (χ0n) is 13.9. The molecule has 0 saturated heterocycles. The van der Waals surface area contributed by atoms with Crippen molar-refractivity contribution < 1.29 is 19.2 Å². The molecule has 26 heavy (non-hydrogen) atoms. The van der Waals surface area contributed by atoms with Crippen molar-refractivity contribution in [3.63, 3.8) is 0 Å². The number of carbonyl (C=O) groups excluding carboxylic acids is 2. The maximum absolute atomic E-state index is 11.9. The van der Waals surface area contributed by atoms with Crippen LogP contribution in [0.1, 0.15) is 16.7 Å². The fraction of sp³-hybridized carbons (Fsp3) is 0.167. The van der Waals surface area contributed by atoms with E-state index >= 15 is 0 Å². The summed E-state index contributed by atoms with van der Waals surface area (Å²) in [7, 11) is 0. The van der Waals surface area contributed by atoms with Crippen molar-refractivity contribution in [3.8, 4) is 6.07 Å². The smallest absolute Gasteiger partial charge is 0.310 e. The minimum atomic E-state index is -0.646. The quantitative estimate of drug-likeness (QED) is 0.483. The number of aryl methyl sites for hydroxylation is 1. The summed E-state index contributed by atoms with van der Waals surface area (Å²) in [5.74, 6) is -1.21. The Morgan fingerprint density at radius 3 is 2.54 bits per heavy atom. The standard InChI is InChI=1S/C18H15N3O5/c1-12-2-4-13(5-3-12)8-18(23)26-11-17(22)20-16-7-6-15(21(24)25)9-14(16)10-19/h2-7,9H,8,11H2,1H3,(H,20,22). The second kappa shape index (κ2) is 8.39. The molecule has 0 aliphatic rings. The molecule has 0 aromatic heterocycles. The van der Waals surface area contributed by atoms with Gasteiger partial charge < -0.3 is 10.1 Å². The Kier molecular flexibility index (Phi) is 6.01. The number of hydrogen-bond donors (Lipinski definition) is 1. The largest absolute Gasteiger partial charge is 0.455 e. The monoisotopic (exact) mass is 353 g/mol. The Morgan fingerprint density at radius 1 is 1.23 bits per heavy atom. The van der Waals surface area contributed by atoms with Crippen molar-refractivity contribution in [1.82, 2.24) is 0 Å². The minimum absolute atomic E-state index is 0.0362. The normalized spacial score (nSPS) is 9.85. The van der Waals surface area contributed by atoms with Crippen molar-refractivity contribution in [1.29, 1.82) is 5.26 Å². The summed E-state index contributed by atoms with van der Waals surface area (Å²) in [5.41, 5.74) is 1.63. The van der Waals surface area contributed by atoms with Gasteiger partial charge in [-0.1, -0.05) is 29.8 Å². The van der Waals surface area contributed by atoms with Crippen LogP contribution >= 0.6 is 0 Å². The van der Waals surface area contributed by atoms with Crippen LogP contribution in [0.3, 0.4) is 0 Å². The highest BCUT2D eigenvalue weighted by molar-refractivity contribution is 5.94. The molecule has 0 fully saturated rings. The lowest BCUT2D eigenvalue weighted by molar-refractivity contribution is -0.384. The topological polar surface area (TPSA) is 122 Å². The summed E-state index contributed by atoms with van der Waals surface area (Å²) in [6.45, 7) is 1.41. The minimum Gasteiger partial charge on any atom is -0.455 e. The van der Waals surface area contributed by atoms with Crippen LogP contribution in [0.15, 0.2) is 42.5 Å². The van der Waals surface area contributed by atoms with E-state index in [2.05, 4.69) is 5.32 Å². The number of esters is 1. The molecule has 0 saturated carbocycles. The van der Waals surface area contributed by atoms with Crippen LogP contribution in [0.25, 0.3) is 0 Å². The molecule has 8 nitrogen and oxygen atoms in total. The second-order valence-corrected chi connectivity index (χ2v) is 5.47. The van der Waals surface area contributed by atoms with Crippen LogP contribution in [0, 0.1) is 28.4 Å². The lowest BCUT2D eigenvalue weighted by Crippen LogP contribution is -2.22. The van der Waals surface area contributed by atoms with Crippen LogP contribution < -0.4 is 5.32 Å². The average molecular weight is 353 g/mol. The van der Waals surface area contributed by atoms with Gasteiger partial charge in [-0.3, -0.25) is 19.7 Å². The van der Waals surface area contributed by atoms with Crippen molar-refractivity contribution in [2.45, 2.75) is 13.3 Å². The van der Waals surface area contributed by atoms with Crippen molar-refractivity contribution in [2.24, 2.45) is 0 Å². The summed E-state index contributed by atoms with van der Waals surface area (Å²) in [6, 6.07) is 12.6. The first kappa shape index (κ1) is 18.6. The Labute approximate surface area is 149 Å². The number of carbonyl (C=O) groups is 2. The van der Waals surface area contributed by atoms with Crippen LogP contribution in [-0.2, 0) is 20.7 Å². The molecule has 1 amide bonds. The summed E-state index contributed by atoms with van der Waals surface area (Å²) >= 11 is 0. The number of hydrogen-bond acceptors (Lipinski definition) is 6. The van der Waals surface area contributed by atoms with E-state index in [9.17, 15) is 19.7 Å². The van der Waals surface area contributed by atoms with E-state index in [0.717, 1.165) is 17.2 Å². The van der Waals surface area contributed by atoms with Gasteiger partial charge in [0.2, 0.25) is 0 Å². The van der Waals surface area contributed by atoms with Gasteiger partial charge in [-0.05, 0) is 18.6 Å². The molecule has 2 aromatic carbocycles. The van der Waals surface area contributed by atoms with Crippen LogP contribution in [0.5, 0.6) is 0 Å². The van der Waals surface area contributed by atoms with E-state index in [0.29, 0.717) is 0 Å². The third-order valence-corrected chi connectivity index (χ3v) is 3.44. The lowest BCUT2D eigenvalue weighted by atomic mass is 10.1. The molecule has 0 aliphatic heterocycles. The third kappa shape index (κ3) is 5.14. The van der Waals surface area contributed by atoms with Gasteiger partial charge in [0, 0.05) is 12.1 Å². The number of rotatable bonds is 6. The van der Waals surface area contributed by atoms with E-state index < -0.39 is 23.4 Å². The van der Waals surface area contributed by atoms with Crippen molar-refractivity contribution in [2.75, 3.05) is 11.9 Å². The lowest BCUT2D eigenvalue weighted by Gasteiger charge is -2.08. The summed E-state index contributed by atoms with van der Waals surface area (Å²) in [4.78, 5) is 33.7. The number of non-ortho nitro benzene ring substituents is 1. The predicted octanol–water partition coefficient (Wildman–Crippen LogP) is 2.50. The molecule has 8 heteroatoms. The number of nitrogens with zero attached hydrogens (tertiary/aromatic N) is 2. The van der Waals surface area contributed by atoms with Gasteiger partial charge in [-0.2, -0.15) is 5.26 Å². The first-order chi connectivity index (χ1) is 12.4. The molecule has 0 atom stereocenters. The number of nitriles is 1. The highest BCUT2D eigenvalue weighted by Crippen LogP contribution is 2.21. The van der Waals surface area contributed by atoms with Gasteiger partial charge in [0.15, 0.2) is 6.61 Å². The highest BCUT2D eigenvalue weighted by Gasteiger charge is 2.14. The zero-order chi connectivity index (χ0) is 19.1. The van der Waals surface area contributed by atoms with Gasteiger partial charge in [-0.25, -0.2) is 0 Å². The van der Waals surface area contributed by atoms with E-state index in [4.69, 9.17) is 10.00 Å². The number of ether oxygens (including phenoxy) is 1. The van der Waals surface area contributed by atoms with Crippen LogP contribution in [0.4, 0.5) is 11.4 Å². The SMILES string of the molecule is Cc1ccc(CC(=O)OCC(=O)Nc2ccc([N+](=O)[O-])cc2C#N)cc1. The van der Waals surface area contributed by atoms with Gasteiger partial charge >= 0.3 is 5.97 Å². The van der Waals surface area contributed by atoms with Gasteiger partial charge in [-0.15, -0.1) is 0 Å². The molecular formula is C18H15N3O5. The Hall–Kier alpha value is -3.73. The number of amides is 1. The highest BCUT2D eigenvalue weighted by atomic mass is 16.6. The van der Waals surface area contributed by atoms with Crippen molar-refractivity contribution >= 4 is 23.3 Å². The molecular weight excluding hydrogens is 338 g/mol. The molecule has 0 radical (unpaired) electrons. The van der Waals surface area contributed by atoms with E-state index in [1.165, 1.54) is 12.1 Å². The molecule has 132 valence electrons. The van der Waals surface area contributed by atoms with Crippen molar-refractivity contribution in [3.05, 3.63) is 69.3 Å². The fourth-order valence-electron chi connectivity index (χ4n) is 2.10.